The van der Waals surface area contributed by atoms with Crippen LogP contribution in [0, 0.1) is 4.91 Å². The van der Waals surface area contributed by atoms with Gasteiger partial charge in [0.05, 0.1) is 10.9 Å². The van der Waals surface area contributed by atoms with Crippen LogP contribution in [0.5, 0.6) is 0 Å². The maximum Gasteiger partial charge on any atom is 0.449 e. The topological polar surface area (TPSA) is 74.9 Å². The third-order valence-corrected chi connectivity index (χ3v) is 2.67. The molecule has 1 aliphatic carbocycles. The van der Waals surface area contributed by atoms with E-state index in [4.69, 9.17) is 0 Å². The zero-order valence-corrected chi connectivity index (χ0v) is 8.55. The molecule has 0 saturated heterocycles. The molecule has 3 N–H and O–H groups in total. The Balaban J connectivity index is 2.22. The molecule has 6 heteroatoms. The summed E-state index contributed by atoms with van der Waals surface area (Å²) >= 11 is 0. The van der Waals surface area contributed by atoms with Crippen molar-refractivity contribution in [1.29, 1.82) is 0 Å². The van der Waals surface area contributed by atoms with Crippen LogP contribution in [0.4, 0.5) is 5.95 Å². The lowest BCUT2D eigenvalue weighted by Gasteiger charge is -1.98. The molecule has 1 aromatic carbocycles. The highest BCUT2D eigenvalue weighted by molar-refractivity contribution is 5.66. The first kappa shape index (κ1) is 9.14. The van der Waals surface area contributed by atoms with Gasteiger partial charge in [-0.15, -0.1) is 0 Å². The molecule has 0 unspecified atom stereocenters. The summed E-state index contributed by atoms with van der Waals surface area (Å²) in [4.78, 5) is 11.7. The minimum Gasteiger partial charge on any atom is -0.371 e. The van der Waals surface area contributed by atoms with Crippen LogP contribution in [0.1, 0.15) is 12.8 Å². The summed E-state index contributed by atoms with van der Waals surface area (Å²) in [6, 6.07) is 7.22. The number of H-pyrrole nitrogens is 1. The van der Waals surface area contributed by atoms with E-state index in [0.717, 1.165) is 17.6 Å². The van der Waals surface area contributed by atoms with Gasteiger partial charge in [0.15, 0.2) is 0 Å². The number of para-hydroxylation sites is 2. The first-order valence-electron chi connectivity index (χ1n) is 5.21. The van der Waals surface area contributed by atoms with E-state index < -0.39 is 0 Å². The van der Waals surface area contributed by atoms with E-state index >= 15 is 0 Å². The fourth-order valence-electron chi connectivity index (χ4n) is 1.65. The van der Waals surface area contributed by atoms with Gasteiger partial charge in [0.1, 0.15) is 0 Å². The Morgan fingerprint density at radius 2 is 2.00 bits per heavy atom. The molecule has 0 radical (unpaired) electrons. The van der Waals surface area contributed by atoms with Gasteiger partial charge in [0.25, 0.3) is 0 Å². The molecule has 16 heavy (non-hydrogen) atoms. The van der Waals surface area contributed by atoms with Gasteiger partial charge < -0.3 is 5.21 Å². The van der Waals surface area contributed by atoms with Crippen molar-refractivity contribution >= 4 is 17.0 Å². The largest absolute Gasteiger partial charge is 0.449 e. The Bertz CT molecular complexity index is 603. The molecule has 0 aliphatic heterocycles. The van der Waals surface area contributed by atoms with Crippen LogP contribution in [0.2, 0.25) is 0 Å². The second-order valence-corrected chi connectivity index (χ2v) is 3.97. The highest BCUT2D eigenvalue weighted by Gasteiger charge is 2.30. The maximum atomic E-state index is 11.7. The van der Waals surface area contributed by atoms with Crippen molar-refractivity contribution in [1.82, 2.24) is 5.10 Å². The van der Waals surface area contributed by atoms with Crippen LogP contribution >= 0.6 is 0 Å². The average Bonchev–Trinajstić information content (AvgIpc) is 3.10. The Labute approximate surface area is 90.7 Å². The molecule has 1 fully saturated rings. The van der Waals surface area contributed by atoms with E-state index in [1.54, 1.807) is 24.3 Å². The summed E-state index contributed by atoms with van der Waals surface area (Å²) in [5, 5.41) is 15.5. The predicted molar refractivity (Wildman–Crippen MR) is 55.7 cm³/mol. The SMILES string of the molecule is O=[n+]1[nH]c(NC2CC2)[n+](O)c2ccccc21. The van der Waals surface area contributed by atoms with Crippen molar-refractivity contribution in [2.45, 2.75) is 18.9 Å². The van der Waals surface area contributed by atoms with Crippen LogP contribution in [0.15, 0.2) is 24.3 Å². The molecule has 0 atom stereocenters. The first-order chi connectivity index (χ1) is 7.75. The summed E-state index contributed by atoms with van der Waals surface area (Å²) in [7, 11) is 0. The lowest BCUT2D eigenvalue weighted by molar-refractivity contribution is -0.881. The van der Waals surface area contributed by atoms with Crippen LogP contribution in [-0.2, 0) is 0 Å². The zero-order chi connectivity index (χ0) is 11.1. The smallest absolute Gasteiger partial charge is 0.371 e. The molecular weight excluding hydrogens is 208 g/mol. The lowest BCUT2D eigenvalue weighted by atomic mass is 10.3. The molecule has 1 aromatic heterocycles. The zero-order valence-electron chi connectivity index (χ0n) is 8.55. The third kappa shape index (κ3) is 1.39. The fourth-order valence-corrected chi connectivity index (χ4v) is 1.65. The molecule has 82 valence electrons. The summed E-state index contributed by atoms with van der Waals surface area (Å²) in [6.45, 7) is 0. The van der Waals surface area contributed by atoms with E-state index in [1.165, 1.54) is 0 Å². The van der Waals surface area contributed by atoms with Gasteiger partial charge in [-0.1, -0.05) is 12.1 Å². The van der Waals surface area contributed by atoms with Crippen LogP contribution in [0.25, 0.3) is 11.0 Å². The molecule has 6 nitrogen and oxygen atoms in total. The van der Waals surface area contributed by atoms with Crippen LogP contribution in [-0.4, -0.2) is 16.3 Å². The van der Waals surface area contributed by atoms with Crippen molar-refractivity contribution in [3.63, 3.8) is 0 Å². The number of nitrogens with one attached hydrogen (secondary N) is 2. The number of fused-ring (bicyclic) bond motifs is 1. The van der Waals surface area contributed by atoms with Crippen molar-refractivity contribution < 1.29 is 14.5 Å². The maximum absolute atomic E-state index is 11.7. The molecule has 0 spiro atoms. The molecule has 1 aliphatic rings. The summed E-state index contributed by atoms with van der Waals surface area (Å²) < 4.78 is 1.62. The second kappa shape index (κ2) is 3.19. The Hall–Kier alpha value is -2.11. The lowest BCUT2D eigenvalue weighted by Crippen LogP contribution is -2.42. The normalized spacial score (nSPS) is 15.2. The van der Waals surface area contributed by atoms with Gasteiger partial charge in [-0.05, 0) is 23.6 Å². The number of aromatic nitrogens is 3. The number of aromatic amines is 1. The van der Waals surface area contributed by atoms with Gasteiger partial charge in [-0.25, -0.2) is 0 Å². The van der Waals surface area contributed by atoms with E-state index in [9.17, 15) is 10.1 Å². The highest BCUT2D eigenvalue weighted by Crippen LogP contribution is 2.22. The summed E-state index contributed by atoms with van der Waals surface area (Å²) in [6.07, 6.45) is 2.14. The number of anilines is 1. The number of nitrogens with zero attached hydrogens (tertiary/aromatic N) is 2. The van der Waals surface area contributed by atoms with Crippen LogP contribution < -0.4 is 14.6 Å². The molecule has 0 amide bonds. The number of benzene rings is 1. The summed E-state index contributed by atoms with van der Waals surface area (Å²) in [5.74, 6) is 0.316. The number of hydrogen-bond donors (Lipinski definition) is 3. The molecular formula is C10H12N4O2+2. The second-order valence-electron chi connectivity index (χ2n) is 3.97. The van der Waals surface area contributed by atoms with Gasteiger partial charge in [-0.3, -0.25) is 5.32 Å². The van der Waals surface area contributed by atoms with E-state index in [-0.39, 0.29) is 0 Å². The number of rotatable bonds is 2. The van der Waals surface area contributed by atoms with Gasteiger partial charge >= 0.3 is 11.5 Å². The minimum absolute atomic E-state index is 0.316. The van der Waals surface area contributed by atoms with Gasteiger partial charge in [0, 0.05) is 11.2 Å². The van der Waals surface area contributed by atoms with Crippen LogP contribution in [0.3, 0.4) is 0 Å². The van der Waals surface area contributed by atoms with Crippen molar-refractivity contribution in [3.05, 3.63) is 29.2 Å². The average molecular weight is 220 g/mol. The van der Waals surface area contributed by atoms with E-state index in [2.05, 4.69) is 10.4 Å². The third-order valence-electron chi connectivity index (χ3n) is 2.67. The van der Waals surface area contributed by atoms with E-state index in [0.29, 0.717) is 27.6 Å². The summed E-state index contributed by atoms with van der Waals surface area (Å²) in [5.41, 5.74) is 0.866. The quantitative estimate of drug-likeness (QED) is 0.499. The molecule has 3 rings (SSSR count). The molecule has 1 heterocycles. The Morgan fingerprint density at radius 3 is 2.69 bits per heavy atom. The molecule has 0 bridgehead atoms. The standard InChI is InChI=1S/C10H11N4O2/c15-13-8-3-1-2-4-9(8)14(16)12-10(13)11-7-5-6-7/h1-4,7,15H,5-6H2,(H,11,12,16)/q+1/p+1. The number of hydrogen-bond acceptors (Lipinski definition) is 3. The fraction of sp³-hybridized carbons (Fsp3) is 0.300. The highest BCUT2D eigenvalue weighted by atomic mass is 16.5. The molecule has 1 saturated carbocycles. The van der Waals surface area contributed by atoms with Crippen molar-refractivity contribution in [2.24, 2.45) is 0 Å². The predicted octanol–water partition coefficient (Wildman–Crippen LogP) is 0.182. The van der Waals surface area contributed by atoms with Gasteiger partial charge in [-0.2, -0.15) is 0 Å². The van der Waals surface area contributed by atoms with Crippen molar-refractivity contribution in [2.75, 3.05) is 5.32 Å². The molecule has 2 aromatic rings. The van der Waals surface area contributed by atoms with Crippen molar-refractivity contribution in [3.8, 4) is 0 Å². The Kier molecular flexibility index (Phi) is 1.82. The van der Waals surface area contributed by atoms with Gasteiger partial charge in [0.2, 0.25) is 10.1 Å². The van der Waals surface area contributed by atoms with E-state index in [1.807, 2.05) is 0 Å². The minimum atomic E-state index is 0.316. The first-order valence-corrected chi connectivity index (χ1v) is 5.21. The monoisotopic (exact) mass is 220 g/mol. The Morgan fingerprint density at radius 1 is 1.31 bits per heavy atom.